The van der Waals surface area contributed by atoms with Gasteiger partial charge in [-0.3, -0.25) is 4.68 Å². The fourth-order valence-corrected chi connectivity index (χ4v) is 1.83. The molecule has 0 saturated heterocycles. The summed E-state index contributed by atoms with van der Waals surface area (Å²) in [5.41, 5.74) is 2.90. The summed E-state index contributed by atoms with van der Waals surface area (Å²) < 4.78 is 1.95. The molecular weight excluding hydrogens is 214 g/mol. The molecule has 0 aliphatic rings. The number of aryl methyl sites for hydroxylation is 2. The minimum atomic E-state index is 0.583. The second kappa shape index (κ2) is 4.69. The van der Waals surface area contributed by atoms with E-state index in [4.69, 9.17) is 0 Å². The average Bonchev–Trinajstić information content (AvgIpc) is 2.64. The molecule has 2 aromatic heterocycles. The van der Waals surface area contributed by atoms with Crippen LogP contribution in [0, 0.1) is 12.8 Å². The van der Waals surface area contributed by atoms with Crippen LogP contribution in [-0.4, -0.2) is 26.3 Å². The second-order valence-electron chi connectivity index (χ2n) is 4.60. The molecule has 2 aromatic rings. The largest absolute Gasteiger partial charge is 0.368 e. The Morgan fingerprint density at radius 2 is 2.12 bits per heavy atom. The molecule has 92 valence electrons. The lowest BCUT2D eigenvalue weighted by Crippen LogP contribution is -2.11. The highest BCUT2D eigenvalue weighted by Crippen LogP contribution is 2.21. The van der Waals surface area contributed by atoms with Gasteiger partial charge < -0.3 is 5.32 Å². The van der Waals surface area contributed by atoms with Crippen molar-refractivity contribution in [2.75, 3.05) is 11.9 Å². The summed E-state index contributed by atoms with van der Waals surface area (Å²) in [6, 6.07) is 0. The number of fused-ring (bicyclic) bond motifs is 1. The molecule has 0 fully saturated rings. The summed E-state index contributed by atoms with van der Waals surface area (Å²) >= 11 is 0. The van der Waals surface area contributed by atoms with E-state index in [1.807, 2.05) is 11.6 Å². The normalized spacial score (nSPS) is 11.4. The molecule has 0 saturated carbocycles. The number of anilines is 1. The summed E-state index contributed by atoms with van der Waals surface area (Å²) in [4.78, 5) is 8.62. The Morgan fingerprint density at radius 3 is 2.76 bits per heavy atom. The first-order valence-corrected chi connectivity index (χ1v) is 6.05. The molecule has 0 aliphatic carbocycles. The standard InChI is InChI=1S/C12H19N5/c1-5-17-11-10(9(4)16-17)14-7-15-12(11)13-6-8(2)3/h7-8H,5-6H2,1-4H3,(H,13,14,15). The van der Waals surface area contributed by atoms with Gasteiger partial charge in [-0.1, -0.05) is 13.8 Å². The quantitative estimate of drug-likeness (QED) is 0.879. The van der Waals surface area contributed by atoms with E-state index in [1.165, 1.54) is 0 Å². The van der Waals surface area contributed by atoms with Gasteiger partial charge in [-0.05, 0) is 19.8 Å². The Labute approximate surface area is 101 Å². The summed E-state index contributed by atoms with van der Waals surface area (Å²) in [7, 11) is 0. The molecule has 0 unspecified atom stereocenters. The van der Waals surface area contributed by atoms with Crippen molar-refractivity contribution in [3.05, 3.63) is 12.0 Å². The van der Waals surface area contributed by atoms with Crippen molar-refractivity contribution in [3.63, 3.8) is 0 Å². The molecule has 0 amide bonds. The van der Waals surface area contributed by atoms with Gasteiger partial charge in [-0.15, -0.1) is 0 Å². The lowest BCUT2D eigenvalue weighted by atomic mass is 10.2. The van der Waals surface area contributed by atoms with E-state index >= 15 is 0 Å². The number of hydrogen-bond acceptors (Lipinski definition) is 4. The van der Waals surface area contributed by atoms with Crippen LogP contribution >= 0.6 is 0 Å². The smallest absolute Gasteiger partial charge is 0.155 e. The fraction of sp³-hybridized carbons (Fsp3) is 0.583. The summed E-state index contributed by atoms with van der Waals surface area (Å²) in [6.07, 6.45) is 1.60. The van der Waals surface area contributed by atoms with Gasteiger partial charge in [0, 0.05) is 13.1 Å². The minimum absolute atomic E-state index is 0.583. The van der Waals surface area contributed by atoms with E-state index in [-0.39, 0.29) is 0 Å². The van der Waals surface area contributed by atoms with E-state index < -0.39 is 0 Å². The van der Waals surface area contributed by atoms with Gasteiger partial charge in [-0.25, -0.2) is 9.97 Å². The summed E-state index contributed by atoms with van der Waals surface area (Å²) in [6.45, 7) is 10.1. The molecule has 0 radical (unpaired) electrons. The minimum Gasteiger partial charge on any atom is -0.368 e. The fourth-order valence-electron chi connectivity index (χ4n) is 1.83. The van der Waals surface area contributed by atoms with Crippen molar-refractivity contribution in [2.45, 2.75) is 34.2 Å². The third kappa shape index (κ3) is 2.23. The molecule has 1 N–H and O–H groups in total. The zero-order valence-electron chi connectivity index (χ0n) is 10.9. The zero-order chi connectivity index (χ0) is 12.4. The Hall–Kier alpha value is -1.65. The van der Waals surface area contributed by atoms with E-state index in [0.29, 0.717) is 5.92 Å². The van der Waals surface area contributed by atoms with Crippen LogP contribution in [0.4, 0.5) is 5.82 Å². The van der Waals surface area contributed by atoms with Gasteiger partial charge in [0.15, 0.2) is 5.82 Å². The van der Waals surface area contributed by atoms with Crippen LogP contribution in [-0.2, 0) is 6.54 Å². The number of nitrogens with zero attached hydrogens (tertiary/aromatic N) is 4. The van der Waals surface area contributed by atoms with Crippen LogP contribution in [0.2, 0.25) is 0 Å². The third-order valence-corrected chi connectivity index (χ3v) is 2.67. The molecular formula is C12H19N5. The van der Waals surface area contributed by atoms with Gasteiger partial charge in [-0.2, -0.15) is 5.10 Å². The van der Waals surface area contributed by atoms with Crippen LogP contribution in [0.5, 0.6) is 0 Å². The molecule has 2 heterocycles. The van der Waals surface area contributed by atoms with E-state index in [0.717, 1.165) is 35.6 Å². The van der Waals surface area contributed by atoms with E-state index in [2.05, 4.69) is 41.2 Å². The average molecular weight is 233 g/mol. The van der Waals surface area contributed by atoms with Gasteiger partial charge >= 0.3 is 0 Å². The topological polar surface area (TPSA) is 55.6 Å². The molecule has 0 aliphatic heterocycles. The van der Waals surface area contributed by atoms with Crippen LogP contribution in [0.15, 0.2) is 6.33 Å². The van der Waals surface area contributed by atoms with Gasteiger partial charge in [0.05, 0.1) is 5.69 Å². The molecule has 2 rings (SSSR count). The predicted octanol–water partition coefficient (Wildman–Crippen LogP) is 2.22. The van der Waals surface area contributed by atoms with Crippen molar-refractivity contribution in [1.29, 1.82) is 0 Å². The maximum Gasteiger partial charge on any atom is 0.155 e. The number of hydrogen-bond donors (Lipinski definition) is 1. The van der Waals surface area contributed by atoms with Gasteiger partial charge in [0.2, 0.25) is 0 Å². The van der Waals surface area contributed by atoms with Crippen LogP contribution < -0.4 is 5.32 Å². The first-order valence-electron chi connectivity index (χ1n) is 6.05. The first kappa shape index (κ1) is 11.8. The SMILES string of the molecule is CCn1nc(C)c2ncnc(NCC(C)C)c21. The predicted molar refractivity (Wildman–Crippen MR) is 69.1 cm³/mol. The molecule has 0 aromatic carbocycles. The Kier molecular flexibility index (Phi) is 3.26. The second-order valence-corrected chi connectivity index (χ2v) is 4.60. The lowest BCUT2D eigenvalue weighted by molar-refractivity contribution is 0.670. The van der Waals surface area contributed by atoms with Gasteiger partial charge in [0.25, 0.3) is 0 Å². The summed E-state index contributed by atoms with van der Waals surface area (Å²) in [5, 5.41) is 7.83. The molecule has 0 spiro atoms. The number of rotatable bonds is 4. The third-order valence-electron chi connectivity index (χ3n) is 2.67. The Balaban J connectivity index is 2.47. The molecule has 0 bridgehead atoms. The highest BCUT2D eigenvalue weighted by molar-refractivity contribution is 5.87. The Morgan fingerprint density at radius 1 is 1.35 bits per heavy atom. The molecule has 5 heteroatoms. The van der Waals surface area contributed by atoms with Crippen molar-refractivity contribution in [3.8, 4) is 0 Å². The van der Waals surface area contributed by atoms with Crippen molar-refractivity contribution < 1.29 is 0 Å². The maximum atomic E-state index is 4.47. The first-order chi connectivity index (χ1) is 8.13. The van der Waals surface area contributed by atoms with E-state index in [1.54, 1.807) is 6.33 Å². The van der Waals surface area contributed by atoms with E-state index in [9.17, 15) is 0 Å². The molecule has 0 atom stereocenters. The summed E-state index contributed by atoms with van der Waals surface area (Å²) in [5.74, 6) is 1.46. The van der Waals surface area contributed by atoms with Crippen molar-refractivity contribution >= 4 is 16.9 Å². The van der Waals surface area contributed by atoms with Crippen molar-refractivity contribution in [2.24, 2.45) is 5.92 Å². The Bertz CT molecular complexity index is 515. The lowest BCUT2D eigenvalue weighted by Gasteiger charge is -2.09. The molecule has 5 nitrogen and oxygen atoms in total. The number of nitrogens with one attached hydrogen (secondary N) is 1. The zero-order valence-corrected chi connectivity index (χ0v) is 10.9. The monoisotopic (exact) mass is 233 g/mol. The van der Waals surface area contributed by atoms with Crippen LogP contribution in [0.25, 0.3) is 11.0 Å². The maximum absolute atomic E-state index is 4.47. The molecule has 17 heavy (non-hydrogen) atoms. The number of aromatic nitrogens is 4. The van der Waals surface area contributed by atoms with Crippen molar-refractivity contribution in [1.82, 2.24) is 19.7 Å². The highest BCUT2D eigenvalue weighted by Gasteiger charge is 2.12. The van der Waals surface area contributed by atoms with Crippen LogP contribution in [0.1, 0.15) is 26.5 Å². The van der Waals surface area contributed by atoms with Gasteiger partial charge in [0.1, 0.15) is 17.4 Å². The van der Waals surface area contributed by atoms with Crippen LogP contribution in [0.3, 0.4) is 0 Å². The highest BCUT2D eigenvalue weighted by atomic mass is 15.3.